The Balaban J connectivity index is 1.50. The van der Waals surface area contributed by atoms with E-state index in [0.717, 1.165) is 17.7 Å². The third kappa shape index (κ3) is 3.20. The van der Waals surface area contributed by atoms with Crippen molar-refractivity contribution in [3.63, 3.8) is 0 Å². The van der Waals surface area contributed by atoms with Crippen LogP contribution in [0, 0.1) is 5.92 Å². The molecule has 142 valence electrons. The second-order valence-electron chi connectivity index (χ2n) is 6.33. The SMILES string of the molecule is CCOC(=O)C1C2Oc3cc(Oc4ccc(C(F)(F)F)cc4Cl)ccc3C21. The highest BCUT2D eigenvalue weighted by atomic mass is 35.5. The monoisotopic (exact) mass is 398 g/mol. The van der Waals surface area contributed by atoms with Crippen LogP contribution in [0.5, 0.6) is 17.2 Å². The third-order valence-electron chi connectivity index (χ3n) is 4.61. The minimum absolute atomic E-state index is 0.0252. The predicted molar refractivity (Wildman–Crippen MR) is 90.3 cm³/mol. The molecule has 2 aliphatic rings. The predicted octanol–water partition coefficient (Wildman–Crippen LogP) is 5.19. The Labute approximate surface area is 157 Å². The van der Waals surface area contributed by atoms with E-state index in [1.807, 2.05) is 0 Å². The maximum absolute atomic E-state index is 12.7. The largest absolute Gasteiger partial charge is 0.488 e. The van der Waals surface area contributed by atoms with Crippen LogP contribution in [0.2, 0.25) is 5.02 Å². The lowest BCUT2D eigenvalue weighted by Crippen LogP contribution is -2.13. The fourth-order valence-corrected chi connectivity index (χ4v) is 3.53. The maximum Gasteiger partial charge on any atom is 0.416 e. The van der Waals surface area contributed by atoms with Crippen LogP contribution < -0.4 is 9.47 Å². The fourth-order valence-electron chi connectivity index (χ4n) is 3.31. The first-order valence-corrected chi connectivity index (χ1v) is 8.69. The molecule has 0 radical (unpaired) electrons. The van der Waals surface area contributed by atoms with Gasteiger partial charge in [0.1, 0.15) is 29.3 Å². The zero-order valence-electron chi connectivity index (χ0n) is 14.0. The highest BCUT2D eigenvalue weighted by Gasteiger charge is 2.63. The van der Waals surface area contributed by atoms with Gasteiger partial charge in [0.05, 0.1) is 17.2 Å². The Morgan fingerprint density at radius 2 is 2.00 bits per heavy atom. The molecule has 0 spiro atoms. The van der Waals surface area contributed by atoms with Crippen LogP contribution in [0.3, 0.4) is 0 Å². The average Bonchev–Trinajstić information content (AvgIpc) is 3.18. The van der Waals surface area contributed by atoms with E-state index in [1.54, 1.807) is 25.1 Å². The Morgan fingerprint density at radius 3 is 2.67 bits per heavy atom. The molecular weight excluding hydrogens is 385 g/mol. The van der Waals surface area contributed by atoms with E-state index < -0.39 is 11.7 Å². The highest BCUT2D eigenvalue weighted by molar-refractivity contribution is 6.32. The number of carbonyl (C=O) groups excluding carboxylic acids is 1. The summed E-state index contributed by atoms with van der Waals surface area (Å²) < 4.78 is 54.5. The van der Waals surface area contributed by atoms with Gasteiger partial charge in [-0.25, -0.2) is 0 Å². The minimum atomic E-state index is -4.47. The van der Waals surface area contributed by atoms with Gasteiger partial charge < -0.3 is 14.2 Å². The standard InChI is InChI=1S/C19H14ClF3O4/c1-2-25-18(24)16-15-11-5-4-10(8-14(11)27-17(15)16)26-13-6-3-9(7-12(13)20)19(21,22)23/h3-8,15-17H,2H2,1H3. The first-order valence-electron chi connectivity index (χ1n) is 8.31. The van der Waals surface area contributed by atoms with Crippen molar-refractivity contribution in [2.45, 2.75) is 25.1 Å². The molecule has 4 rings (SSSR count). The first-order chi connectivity index (χ1) is 12.8. The molecule has 1 aliphatic heterocycles. The molecule has 1 saturated carbocycles. The zero-order valence-corrected chi connectivity index (χ0v) is 14.8. The molecule has 3 unspecified atom stereocenters. The molecule has 0 N–H and O–H groups in total. The lowest BCUT2D eigenvalue weighted by molar-refractivity contribution is -0.145. The van der Waals surface area contributed by atoms with Gasteiger partial charge in [-0.15, -0.1) is 0 Å². The van der Waals surface area contributed by atoms with Crippen LogP contribution in [-0.4, -0.2) is 18.7 Å². The van der Waals surface area contributed by atoms with Gasteiger partial charge in [-0.1, -0.05) is 17.7 Å². The second-order valence-corrected chi connectivity index (χ2v) is 6.74. The molecule has 1 heterocycles. The Kier molecular flexibility index (Phi) is 4.22. The van der Waals surface area contributed by atoms with Crippen LogP contribution in [-0.2, 0) is 15.7 Å². The molecular formula is C19H14ClF3O4. The lowest BCUT2D eigenvalue weighted by Gasteiger charge is -2.13. The summed E-state index contributed by atoms with van der Waals surface area (Å²) in [5, 5.41) is -0.142. The van der Waals surface area contributed by atoms with Crippen molar-refractivity contribution in [2.24, 2.45) is 5.92 Å². The van der Waals surface area contributed by atoms with Crippen LogP contribution in [0.15, 0.2) is 36.4 Å². The van der Waals surface area contributed by atoms with Crippen molar-refractivity contribution < 1.29 is 32.2 Å². The number of halogens is 4. The lowest BCUT2D eigenvalue weighted by atomic mass is 10.1. The van der Waals surface area contributed by atoms with Crippen molar-refractivity contribution >= 4 is 17.6 Å². The quantitative estimate of drug-likeness (QED) is 0.665. The Bertz CT molecular complexity index is 912. The zero-order chi connectivity index (χ0) is 19.3. The van der Waals surface area contributed by atoms with Crippen LogP contribution in [0.25, 0.3) is 0 Å². The molecule has 0 bridgehead atoms. The fraction of sp³-hybridized carbons (Fsp3) is 0.316. The van der Waals surface area contributed by atoms with E-state index in [9.17, 15) is 18.0 Å². The molecule has 2 aromatic rings. The summed E-state index contributed by atoms with van der Waals surface area (Å²) in [5.41, 5.74) is 0.0474. The third-order valence-corrected chi connectivity index (χ3v) is 4.90. The van der Waals surface area contributed by atoms with Crippen LogP contribution in [0.1, 0.15) is 24.0 Å². The molecule has 2 aromatic carbocycles. The van der Waals surface area contributed by atoms with Gasteiger partial charge in [0.25, 0.3) is 0 Å². The smallest absolute Gasteiger partial charge is 0.416 e. The molecule has 3 atom stereocenters. The van der Waals surface area contributed by atoms with Gasteiger partial charge in [-0.2, -0.15) is 13.2 Å². The number of hydrogen-bond acceptors (Lipinski definition) is 4. The Morgan fingerprint density at radius 1 is 1.22 bits per heavy atom. The summed E-state index contributed by atoms with van der Waals surface area (Å²) in [4.78, 5) is 11.9. The number of carbonyl (C=O) groups is 1. The van der Waals surface area contributed by atoms with Crippen LogP contribution in [0.4, 0.5) is 13.2 Å². The average molecular weight is 399 g/mol. The van der Waals surface area contributed by atoms with E-state index >= 15 is 0 Å². The number of hydrogen-bond donors (Lipinski definition) is 0. The van der Waals surface area contributed by atoms with E-state index in [1.165, 1.54) is 6.07 Å². The highest BCUT2D eigenvalue weighted by Crippen LogP contribution is 2.59. The summed E-state index contributed by atoms with van der Waals surface area (Å²) in [6.07, 6.45) is -4.70. The molecule has 1 aliphatic carbocycles. The molecule has 27 heavy (non-hydrogen) atoms. The van der Waals surface area contributed by atoms with Gasteiger partial charge in [0.15, 0.2) is 0 Å². The van der Waals surface area contributed by atoms with Crippen molar-refractivity contribution in [2.75, 3.05) is 6.61 Å². The van der Waals surface area contributed by atoms with Gasteiger partial charge in [-0.05, 0) is 31.2 Å². The van der Waals surface area contributed by atoms with Crippen molar-refractivity contribution in [1.29, 1.82) is 0 Å². The van der Waals surface area contributed by atoms with Gasteiger partial charge in [0.2, 0.25) is 0 Å². The number of esters is 1. The van der Waals surface area contributed by atoms with E-state index in [0.29, 0.717) is 18.1 Å². The van der Waals surface area contributed by atoms with E-state index in [-0.39, 0.29) is 34.7 Å². The van der Waals surface area contributed by atoms with Crippen molar-refractivity contribution in [3.8, 4) is 17.2 Å². The number of alkyl halides is 3. The minimum Gasteiger partial charge on any atom is -0.488 e. The molecule has 0 amide bonds. The van der Waals surface area contributed by atoms with E-state index in [2.05, 4.69) is 0 Å². The van der Waals surface area contributed by atoms with Crippen molar-refractivity contribution in [1.82, 2.24) is 0 Å². The molecule has 0 aromatic heterocycles. The maximum atomic E-state index is 12.7. The summed E-state index contributed by atoms with van der Waals surface area (Å²) in [5.74, 6) is 0.499. The summed E-state index contributed by atoms with van der Waals surface area (Å²) >= 11 is 5.91. The van der Waals surface area contributed by atoms with Crippen LogP contribution >= 0.6 is 11.6 Å². The van der Waals surface area contributed by atoms with E-state index in [4.69, 9.17) is 25.8 Å². The van der Waals surface area contributed by atoms with Crippen molar-refractivity contribution in [3.05, 3.63) is 52.5 Å². The second kappa shape index (κ2) is 6.34. The summed E-state index contributed by atoms with van der Waals surface area (Å²) in [6, 6.07) is 7.99. The Hall–Kier alpha value is -2.41. The topological polar surface area (TPSA) is 44.8 Å². The molecule has 1 fully saturated rings. The van der Waals surface area contributed by atoms with Gasteiger partial charge in [-0.3, -0.25) is 4.79 Å². The number of rotatable bonds is 4. The molecule has 0 saturated heterocycles. The number of fused-ring (bicyclic) bond motifs is 3. The normalized spacial score (nSPS) is 22.5. The first kappa shape index (κ1) is 18.0. The summed E-state index contributed by atoms with van der Waals surface area (Å²) in [7, 11) is 0. The number of benzene rings is 2. The van der Waals surface area contributed by atoms with Gasteiger partial charge >= 0.3 is 12.1 Å². The van der Waals surface area contributed by atoms with Gasteiger partial charge in [0, 0.05) is 17.5 Å². The number of ether oxygens (including phenoxy) is 3. The molecule has 8 heteroatoms. The molecule has 4 nitrogen and oxygen atoms in total. The summed E-state index contributed by atoms with van der Waals surface area (Å²) in [6.45, 7) is 2.07.